The lowest BCUT2D eigenvalue weighted by Gasteiger charge is -2.36. The quantitative estimate of drug-likeness (QED) is 0.889. The summed E-state index contributed by atoms with van der Waals surface area (Å²) in [6.07, 6.45) is 4.76. The molecule has 0 radical (unpaired) electrons. The number of benzene rings is 1. The maximum Gasteiger partial charge on any atom is 0.0369 e. The maximum atomic E-state index is 3.78. The molecule has 1 saturated heterocycles. The van der Waals surface area contributed by atoms with Gasteiger partial charge in [0.15, 0.2) is 0 Å². The zero-order valence-corrected chi connectivity index (χ0v) is 12.7. The van der Waals surface area contributed by atoms with E-state index in [-0.39, 0.29) is 0 Å². The summed E-state index contributed by atoms with van der Waals surface area (Å²) in [5, 5.41) is 3.78. The van der Waals surface area contributed by atoms with Gasteiger partial charge in [0.05, 0.1) is 0 Å². The van der Waals surface area contributed by atoms with Crippen molar-refractivity contribution < 1.29 is 0 Å². The predicted molar refractivity (Wildman–Crippen MR) is 84.0 cm³/mol. The predicted octanol–water partition coefficient (Wildman–Crippen LogP) is 3.61. The van der Waals surface area contributed by atoms with Gasteiger partial charge < -0.3 is 10.2 Å². The van der Waals surface area contributed by atoms with Crippen LogP contribution in [0.3, 0.4) is 0 Å². The first-order chi connectivity index (χ1) is 9.23. The third kappa shape index (κ3) is 3.30. The Morgan fingerprint density at radius 1 is 1.21 bits per heavy atom. The van der Waals surface area contributed by atoms with E-state index in [0.717, 1.165) is 19.5 Å². The lowest BCUT2D eigenvalue weighted by atomic mass is 9.92. The molecule has 1 fully saturated rings. The van der Waals surface area contributed by atoms with Crippen molar-refractivity contribution in [2.75, 3.05) is 24.5 Å². The SMILES string of the molecule is CCc1cccc(N2CCCNC(CC)(CC)C2)c1. The Bertz CT molecular complexity index is 396. The largest absolute Gasteiger partial charge is 0.370 e. The highest BCUT2D eigenvalue weighted by molar-refractivity contribution is 5.49. The molecule has 106 valence electrons. The first kappa shape index (κ1) is 14.4. The number of anilines is 1. The highest BCUT2D eigenvalue weighted by Gasteiger charge is 2.30. The summed E-state index contributed by atoms with van der Waals surface area (Å²) >= 11 is 0. The Morgan fingerprint density at radius 3 is 2.68 bits per heavy atom. The Morgan fingerprint density at radius 2 is 2.00 bits per heavy atom. The van der Waals surface area contributed by atoms with Crippen molar-refractivity contribution in [3.8, 4) is 0 Å². The van der Waals surface area contributed by atoms with E-state index >= 15 is 0 Å². The molecule has 1 aliphatic heterocycles. The van der Waals surface area contributed by atoms with Crippen LogP contribution < -0.4 is 10.2 Å². The molecule has 0 spiro atoms. The highest BCUT2D eigenvalue weighted by Crippen LogP contribution is 2.25. The van der Waals surface area contributed by atoms with Crippen LogP contribution in [-0.4, -0.2) is 25.2 Å². The molecule has 1 N–H and O–H groups in total. The molecule has 1 aliphatic rings. The van der Waals surface area contributed by atoms with Gasteiger partial charge in [-0.2, -0.15) is 0 Å². The fourth-order valence-electron chi connectivity index (χ4n) is 3.04. The summed E-state index contributed by atoms with van der Waals surface area (Å²) in [4.78, 5) is 2.58. The fraction of sp³-hybridized carbons (Fsp3) is 0.647. The minimum atomic E-state index is 0.290. The molecule has 0 atom stereocenters. The molecule has 1 aromatic carbocycles. The number of rotatable bonds is 4. The van der Waals surface area contributed by atoms with Gasteiger partial charge in [-0.05, 0) is 49.9 Å². The van der Waals surface area contributed by atoms with Crippen LogP contribution in [0.4, 0.5) is 5.69 Å². The van der Waals surface area contributed by atoms with E-state index in [1.165, 1.54) is 37.1 Å². The number of aryl methyl sites for hydroxylation is 1. The molecule has 2 nitrogen and oxygen atoms in total. The van der Waals surface area contributed by atoms with E-state index in [9.17, 15) is 0 Å². The summed E-state index contributed by atoms with van der Waals surface area (Å²) in [6.45, 7) is 10.3. The van der Waals surface area contributed by atoms with Gasteiger partial charge in [-0.1, -0.05) is 32.9 Å². The van der Waals surface area contributed by atoms with Crippen LogP contribution in [0.15, 0.2) is 24.3 Å². The second-order valence-corrected chi connectivity index (χ2v) is 5.71. The smallest absolute Gasteiger partial charge is 0.0369 e. The van der Waals surface area contributed by atoms with Crippen molar-refractivity contribution in [1.29, 1.82) is 0 Å². The minimum Gasteiger partial charge on any atom is -0.370 e. The zero-order valence-electron chi connectivity index (χ0n) is 12.7. The van der Waals surface area contributed by atoms with E-state index in [0.29, 0.717) is 5.54 Å². The van der Waals surface area contributed by atoms with Gasteiger partial charge in [-0.15, -0.1) is 0 Å². The van der Waals surface area contributed by atoms with Crippen molar-refractivity contribution in [3.63, 3.8) is 0 Å². The van der Waals surface area contributed by atoms with Crippen molar-refractivity contribution in [3.05, 3.63) is 29.8 Å². The summed E-state index contributed by atoms with van der Waals surface area (Å²) < 4.78 is 0. The first-order valence-corrected chi connectivity index (χ1v) is 7.82. The van der Waals surface area contributed by atoms with Crippen LogP contribution >= 0.6 is 0 Å². The number of nitrogens with one attached hydrogen (secondary N) is 1. The average molecular weight is 260 g/mol. The second kappa shape index (κ2) is 6.42. The van der Waals surface area contributed by atoms with Crippen molar-refractivity contribution in [2.45, 2.75) is 52.0 Å². The fourth-order valence-corrected chi connectivity index (χ4v) is 3.04. The van der Waals surface area contributed by atoms with E-state index in [1.807, 2.05) is 0 Å². The molecule has 0 bridgehead atoms. The van der Waals surface area contributed by atoms with Gasteiger partial charge in [-0.3, -0.25) is 0 Å². The Kier molecular flexibility index (Phi) is 4.87. The van der Waals surface area contributed by atoms with E-state index in [4.69, 9.17) is 0 Å². The lowest BCUT2D eigenvalue weighted by molar-refractivity contribution is 0.321. The molecule has 0 unspecified atom stereocenters. The zero-order chi connectivity index (χ0) is 13.7. The molecular weight excluding hydrogens is 232 g/mol. The third-order valence-corrected chi connectivity index (χ3v) is 4.64. The molecule has 1 heterocycles. The van der Waals surface area contributed by atoms with Crippen LogP contribution in [0, 0.1) is 0 Å². The van der Waals surface area contributed by atoms with Gasteiger partial charge in [-0.25, -0.2) is 0 Å². The summed E-state index contributed by atoms with van der Waals surface area (Å²) in [7, 11) is 0. The Balaban J connectivity index is 2.21. The molecule has 2 rings (SSSR count). The lowest BCUT2D eigenvalue weighted by Crippen LogP contribution is -2.50. The first-order valence-electron chi connectivity index (χ1n) is 7.82. The Labute approximate surface area is 118 Å². The average Bonchev–Trinajstić information content (AvgIpc) is 2.70. The summed E-state index contributed by atoms with van der Waals surface area (Å²) in [6, 6.07) is 9.06. The molecule has 2 heteroatoms. The molecular formula is C17H28N2. The molecule has 19 heavy (non-hydrogen) atoms. The highest BCUT2D eigenvalue weighted by atomic mass is 15.2. The molecule has 0 aromatic heterocycles. The summed E-state index contributed by atoms with van der Waals surface area (Å²) in [5.41, 5.74) is 3.13. The van der Waals surface area contributed by atoms with Crippen LogP contribution in [0.25, 0.3) is 0 Å². The molecule has 1 aromatic rings. The van der Waals surface area contributed by atoms with E-state index in [1.54, 1.807) is 0 Å². The van der Waals surface area contributed by atoms with E-state index < -0.39 is 0 Å². The van der Waals surface area contributed by atoms with Gasteiger partial charge in [0.1, 0.15) is 0 Å². The van der Waals surface area contributed by atoms with Gasteiger partial charge in [0.2, 0.25) is 0 Å². The number of hydrogen-bond donors (Lipinski definition) is 1. The molecule has 0 saturated carbocycles. The standard InChI is InChI=1S/C17H28N2/c1-4-15-9-7-10-16(13-15)19-12-8-11-18-17(5-2,6-3)14-19/h7,9-10,13,18H,4-6,8,11-12,14H2,1-3H3. The van der Waals surface area contributed by atoms with Crippen molar-refractivity contribution in [2.24, 2.45) is 0 Å². The number of nitrogens with zero attached hydrogens (tertiary/aromatic N) is 1. The summed E-state index contributed by atoms with van der Waals surface area (Å²) in [5.74, 6) is 0. The van der Waals surface area contributed by atoms with Crippen LogP contribution in [0.5, 0.6) is 0 Å². The van der Waals surface area contributed by atoms with Crippen LogP contribution in [-0.2, 0) is 6.42 Å². The van der Waals surface area contributed by atoms with Gasteiger partial charge >= 0.3 is 0 Å². The topological polar surface area (TPSA) is 15.3 Å². The van der Waals surface area contributed by atoms with Crippen molar-refractivity contribution >= 4 is 5.69 Å². The van der Waals surface area contributed by atoms with Crippen molar-refractivity contribution in [1.82, 2.24) is 5.32 Å². The van der Waals surface area contributed by atoms with Crippen LogP contribution in [0.2, 0.25) is 0 Å². The minimum absolute atomic E-state index is 0.290. The normalized spacial score (nSPS) is 19.2. The number of hydrogen-bond acceptors (Lipinski definition) is 2. The molecule has 0 aliphatic carbocycles. The van der Waals surface area contributed by atoms with Crippen LogP contribution in [0.1, 0.15) is 45.6 Å². The third-order valence-electron chi connectivity index (χ3n) is 4.64. The van der Waals surface area contributed by atoms with Gasteiger partial charge in [0.25, 0.3) is 0 Å². The van der Waals surface area contributed by atoms with Gasteiger partial charge in [0, 0.05) is 24.3 Å². The molecule has 0 amide bonds. The van der Waals surface area contributed by atoms with E-state index in [2.05, 4.69) is 55.3 Å². The monoisotopic (exact) mass is 260 g/mol. The second-order valence-electron chi connectivity index (χ2n) is 5.71. The maximum absolute atomic E-state index is 3.78. The Hall–Kier alpha value is -1.02.